The minimum Gasteiger partial charge on any atom is -0.496 e. The summed E-state index contributed by atoms with van der Waals surface area (Å²) >= 11 is 0. The monoisotopic (exact) mass is 476 g/mol. The van der Waals surface area contributed by atoms with E-state index in [-0.39, 0.29) is 24.5 Å². The molecule has 2 N–H and O–H groups in total. The number of amides is 1. The summed E-state index contributed by atoms with van der Waals surface area (Å²) in [5.74, 6) is 1.64. The highest BCUT2D eigenvalue weighted by molar-refractivity contribution is 5.76. The molecule has 0 aliphatic carbocycles. The van der Waals surface area contributed by atoms with Gasteiger partial charge in [-0.25, -0.2) is 4.68 Å². The van der Waals surface area contributed by atoms with E-state index >= 15 is 0 Å². The van der Waals surface area contributed by atoms with Gasteiger partial charge in [-0.15, -0.1) is 5.10 Å². The van der Waals surface area contributed by atoms with Crippen molar-refractivity contribution in [3.63, 3.8) is 0 Å². The van der Waals surface area contributed by atoms with Crippen LogP contribution in [0, 0.1) is 6.92 Å². The number of carbonyl (C=O) groups is 1. The van der Waals surface area contributed by atoms with Gasteiger partial charge < -0.3 is 20.1 Å². The lowest BCUT2D eigenvalue weighted by molar-refractivity contribution is -0.122. The lowest BCUT2D eigenvalue weighted by Crippen LogP contribution is -2.45. The Bertz CT molecular complexity index is 1180. The van der Waals surface area contributed by atoms with E-state index in [2.05, 4.69) is 38.0 Å². The Hall–Kier alpha value is -3.43. The number of aromatic nitrogens is 3. The van der Waals surface area contributed by atoms with Crippen LogP contribution >= 0.6 is 0 Å². The molecule has 0 radical (unpaired) electrons. The van der Waals surface area contributed by atoms with Crippen LogP contribution in [0.25, 0.3) is 0 Å². The zero-order valence-corrected chi connectivity index (χ0v) is 20.2. The fourth-order valence-electron chi connectivity index (χ4n) is 4.93. The normalized spacial score (nSPS) is 20.1. The average Bonchev–Trinajstić information content (AvgIpc) is 3.31. The largest absolute Gasteiger partial charge is 0.496 e. The van der Waals surface area contributed by atoms with Crippen LogP contribution in [-0.4, -0.2) is 59.2 Å². The first-order chi connectivity index (χ1) is 17.1. The Morgan fingerprint density at radius 3 is 3.03 bits per heavy atom. The summed E-state index contributed by atoms with van der Waals surface area (Å²) in [5, 5.41) is 15.2. The van der Waals surface area contributed by atoms with Crippen LogP contribution in [0.15, 0.2) is 48.7 Å². The molecule has 1 aromatic heterocycles. The molecule has 1 saturated heterocycles. The van der Waals surface area contributed by atoms with Gasteiger partial charge in [-0.3, -0.25) is 9.69 Å². The molecule has 9 nitrogen and oxygen atoms in total. The SMILES string of the molecule is COc1ccccc1C1CNCCN1Cc1cn(CC(=O)NC2CCOc3ccc(C)cc32)nn1. The lowest BCUT2D eigenvalue weighted by Gasteiger charge is -2.36. The van der Waals surface area contributed by atoms with Gasteiger partial charge in [0.1, 0.15) is 18.0 Å². The van der Waals surface area contributed by atoms with Crippen molar-refractivity contribution >= 4 is 5.91 Å². The highest BCUT2D eigenvalue weighted by atomic mass is 16.5. The van der Waals surface area contributed by atoms with Crippen molar-refractivity contribution in [2.75, 3.05) is 33.4 Å². The number of rotatable bonds is 7. The summed E-state index contributed by atoms with van der Waals surface area (Å²) in [4.78, 5) is 15.2. The van der Waals surface area contributed by atoms with Crippen molar-refractivity contribution in [2.24, 2.45) is 0 Å². The third kappa shape index (κ3) is 5.31. The van der Waals surface area contributed by atoms with Gasteiger partial charge in [0.25, 0.3) is 0 Å². The predicted molar refractivity (Wildman–Crippen MR) is 131 cm³/mol. The third-order valence-corrected chi connectivity index (χ3v) is 6.65. The third-order valence-electron chi connectivity index (χ3n) is 6.65. The lowest BCUT2D eigenvalue weighted by atomic mass is 9.98. The van der Waals surface area contributed by atoms with Crippen LogP contribution < -0.4 is 20.1 Å². The topological polar surface area (TPSA) is 93.5 Å². The molecule has 5 rings (SSSR count). The molecule has 0 spiro atoms. The van der Waals surface area contributed by atoms with E-state index in [1.54, 1.807) is 11.8 Å². The molecule has 2 aromatic carbocycles. The number of fused-ring (bicyclic) bond motifs is 1. The van der Waals surface area contributed by atoms with Gasteiger partial charge in [-0.1, -0.05) is 41.1 Å². The number of hydrogen-bond donors (Lipinski definition) is 2. The van der Waals surface area contributed by atoms with E-state index in [1.807, 2.05) is 43.5 Å². The van der Waals surface area contributed by atoms with Gasteiger partial charge in [0.2, 0.25) is 5.91 Å². The van der Waals surface area contributed by atoms with E-state index in [0.29, 0.717) is 13.2 Å². The Morgan fingerprint density at radius 2 is 2.14 bits per heavy atom. The van der Waals surface area contributed by atoms with Crippen LogP contribution in [-0.2, 0) is 17.9 Å². The number of piperazine rings is 1. The molecular weight excluding hydrogens is 444 g/mol. The summed E-state index contributed by atoms with van der Waals surface area (Å²) in [5.41, 5.74) is 4.17. The highest BCUT2D eigenvalue weighted by Crippen LogP contribution is 2.33. The quantitative estimate of drug-likeness (QED) is 0.541. The number of ether oxygens (including phenoxy) is 2. The van der Waals surface area contributed by atoms with Crippen LogP contribution in [0.2, 0.25) is 0 Å². The molecule has 3 aromatic rings. The molecule has 184 valence electrons. The molecule has 35 heavy (non-hydrogen) atoms. The number of nitrogens with zero attached hydrogens (tertiary/aromatic N) is 4. The van der Waals surface area contributed by atoms with Gasteiger partial charge in [0.05, 0.1) is 37.7 Å². The Balaban J connectivity index is 1.22. The fraction of sp³-hybridized carbons (Fsp3) is 0.423. The van der Waals surface area contributed by atoms with E-state index < -0.39 is 0 Å². The van der Waals surface area contributed by atoms with Crippen LogP contribution in [0.5, 0.6) is 11.5 Å². The molecule has 1 amide bonds. The number of benzene rings is 2. The first-order valence-electron chi connectivity index (χ1n) is 12.1. The minimum atomic E-state index is -0.0881. The molecule has 2 aliphatic heterocycles. The summed E-state index contributed by atoms with van der Waals surface area (Å²) in [7, 11) is 1.70. The van der Waals surface area contributed by atoms with Gasteiger partial charge in [-0.05, 0) is 19.1 Å². The Morgan fingerprint density at radius 1 is 1.26 bits per heavy atom. The standard InChI is InChI=1S/C26H32N6O3/c1-18-7-8-25-21(13-18)22(9-12-35-25)28-26(33)17-32-16-19(29-30-32)15-31-11-10-27-14-23(31)20-5-3-4-6-24(20)34-2/h3-8,13,16,22-23,27H,9-12,14-15,17H2,1-2H3,(H,28,33). The first-order valence-corrected chi connectivity index (χ1v) is 12.1. The zero-order valence-electron chi connectivity index (χ0n) is 20.2. The summed E-state index contributed by atoms with van der Waals surface area (Å²) in [6.07, 6.45) is 2.61. The molecule has 2 unspecified atom stereocenters. The van der Waals surface area contributed by atoms with Gasteiger partial charge in [0, 0.05) is 43.7 Å². The maximum atomic E-state index is 12.8. The second kappa shape index (κ2) is 10.5. The minimum absolute atomic E-state index is 0.0587. The number of para-hydroxylation sites is 1. The van der Waals surface area contributed by atoms with Crippen molar-refractivity contribution < 1.29 is 14.3 Å². The number of nitrogens with one attached hydrogen (secondary N) is 2. The van der Waals surface area contributed by atoms with Crippen LogP contribution in [0.1, 0.15) is 40.9 Å². The second-order valence-electron chi connectivity index (χ2n) is 9.14. The van der Waals surface area contributed by atoms with Crippen molar-refractivity contribution in [1.82, 2.24) is 30.5 Å². The van der Waals surface area contributed by atoms with Crippen molar-refractivity contribution in [1.29, 1.82) is 0 Å². The number of carbonyl (C=O) groups excluding carboxylic acids is 1. The number of aryl methyl sites for hydroxylation is 1. The molecule has 2 aliphatic rings. The smallest absolute Gasteiger partial charge is 0.242 e. The Kier molecular flexibility index (Phi) is 6.96. The van der Waals surface area contributed by atoms with Gasteiger partial charge >= 0.3 is 0 Å². The van der Waals surface area contributed by atoms with Gasteiger partial charge in [-0.2, -0.15) is 0 Å². The summed E-state index contributed by atoms with van der Waals surface area (Å²) < 4.78 is 13.0. The Labute approximate surface area is 205 Å². The number of hydrogen-bond acceptors (Lipinski definition) is 7. The molecule has 3 heterocycles. The maximum Gasteiger partial charge on any atom is 0.242 e. The van der Waals surface area contributed by atoms with E-state index in [1.165, 1.54) is 0 Å². The van der Waals surface area contributed by atoms with Crippen LogP contribution in [0.3, 0.4) is 0 Å². The molecular formula is C26H32N6O3. The molecule has 0 bridgehead atoms. The van der Waals surface area contributed by atoms with E-state index in [4.69, 9.17) is 9.47 Å². The average molecular weight is 477 g/mol. The molecule has 2 atom stereocenters. The predicted octanol–water partition coefficient (Wildman–Crippen LogP) is 2.38. The van der Waals surface area contributed by atoms with Gasteiger partial charge in [0.15, 0.2) is 0 Å². The molecule has 0 saturated carbocycles. The van der Waals surface area contributed by atoms with Crippen LogP contribution in [0.4, 0.5) is 0 Å². The van der Waals surface area contributed by atoms with Crippen molar-refractivity contribution in [3.05, 3.63) is 71.0 Å². The first kappa shape index (κ1) is 23.3. The molecule has 9 heteroatoms. The van der Waals surface area contributed by atoms with Crippen molar-refractivity contribution in [3.8, 4) is 11.5 Å². The molecule has 1 fully saturated rings. The van der Waals surface area contributed by atoms with E-state index in [0.717, 1.165) is 59.9 Å². The zero-order chi connectivity index (χ0) is 24.2. The van der Waals surface area contributed by atoms with E-state index in [9.17, 15) is 4.79 Å². The number of methoxy groups -OCH3 is 1. The highest BCUT2D eigenvalue weighted by Gasteiger charge is 2.27. The summed E-state index contributed by atoms with van der Waals surface area (Å²) in [6.45, 7) is 6.05. The second-order valence-corrected chi connectivity index (χ2v) is 9.14. The fourth-order valence-corrected chi connectivity index (χ4v) is 4.93. The van der Waals surface area contributed by atoms with Crippen molar-refractivity contribution in [2.45, 2.75) is 38.5 Å². The maximum absolute atomic E-state index is 12.8. The summed E-state index contributed by atoms with van der Waals surface area (Å²) in [6, 6.07) is 14.3.